The molecule has 2 atom stereocenters. The van der Waals surface area contributed by atoms with Crippen LogP contribution in [0.4, 0.5) is 0 Å². The minimum Gasteiger partial charge on any atom is -0.372 e. The fraction of sp³-hybridized carbons (Fsp3) is 0.571. The Labute approximate surface area is 97.0 Å². The third kappa shape index (κ3) is 1.48. The van der Waals surface area contributed by atoms with Gasteiger partial charge in [-0.05, 0) is 35.6 Å². The van der Waals surface area contributed by atoms with Crippen LogP contribution in [0.25, 0.3) is 0 Å². The van der Waals surface area contributed by atoms with E-state index in [0.717, 1.165) is 26.1 Å². The van der Waals surface area contributed by atoms with Gasteiger partial charge in [-0.1, -0.05) is 19.1 Å². The molecule has 0 amide bonds. The minimum absolute atomic E-state index is 0.402. The highest BCUT2D eigenvalue weighted by molar-refractivity contribution is 5.43. The van der Waals surface area contributed by atoms with Crippen LogP contribution >= 0.6 is 0 Å². The van der Waals surface area contributed by atoms with E-state index < -0.39 is 0 Å². The molecule has 1 fully saturated rings. The second-order valence-corrected chi connectivity index (χ2v) is 4.95. The standard InChI is InChI=1S/C14H19NO/c1-3-10-4-9(2)13-8-16-14-7-15-6-12(14)11(13)5-10/h4-5,12,14-15H,3,6-8H2,1-2H3/t12-,14-/m0/s1. The summed E-state index contributed by atoms with van der Waals surface area (Å²) in [5.41, 5.74) is 5.84. The van der Waals surface area contributed by atoms with Gasteiger partial charge in [0.1, 0.15) is 0 Å². The van der Waals surface area contributed by atoms with Crippen molar-refractivity contribution in [3.8, 4) is 0 Å². The molecular formula is C14H19NO. The lowest BCUT2D eigenvalue weighted by Crippen LogP contribution is -2.27. The molecule has 1 aromatic rings. The molecule has 2 nitrogen and oxygen atoms in total. The zero-order valence-corrected chi connectivity index (χ0v) is 10.0. The largest absolute Gasteiger partial charge is 0.372 e. The molecule has 0 saturated carbocycles. The molecule has 16 heavy (non-hydrogen) atoms. The molecule has 0 aromatic heterocycles. The van der Waals surface area contributed by atoms with Crippen molar-refractivity contribution in [1.29, 1.82) is 0 Å². The van der Waals surface area contributed by atoms with E-state index in [1.54, 1.807) is 0 Å². The van der Waals surface area contributed by atoms with Crippen molar-refractivity contribution in [3.63, 3.8) is 0 Å². The van der Waals surface area contributed by atoms with Crippen molar-refractivity contribution >= 4 is 0 Å². The van der Waals surface area contributed by atoms with E-state index >= 15 is 0 Å². The van der Waals surface area contributed by atoms with Crippen LogP contribution in [0.5, 0.6) is 0 Å². The topological polar surface area (TPSA) is 21.3 Å². The van der Waals surface area contributed by atoms with Crippen LogP contribution in [0.15, 0.2) is 12.1 Å². The lowest BCUT2D eigenvalue weighted by molar-refractivity contribution is 0.0295. The molecular weight excluding hydrogens is 198 g/mol. The fourth-order valence-electron chi connectivity index (χ4n) is 2.98. The van der Waals surface area contributed by atoms with Crippen molar-refractivity contribution in [2.24, 2.45) is 0 Å². The highest BCUT2D eigenvalue weighted by Crippen LogP contribution is 2.35. The van der Waals surface area contributed by atoms with Crippen molar-refractivity contribution in [3.05, 3.63) is 34.4 Å². The normalized spacial score (nSPS) is 27.6. The summed E-state index contributed by atoms with van der Waals surface area (Å²) in [6.45, 7) is 7.33. The summed E-state index contributed by atoms with van der Waals surface area (Å²) >= 11 is 0. The first kappa shape index (κ1) is 10.3. The van der Waals surface area contributed by atoms with Crippen LogP contribution in [0.3, 0.4) is 0 Å². The molecule has 0 radical (unpaired) electrons. The summed E-state index contributed by atoms with van der Waals surface area (Å²) < 4.78 is 5.92. The van der Waals surface area contributed by atoms with Crippen molar-refractivity contribution in [2.75, 3.05) is 13.1 Å². The second-order valence-electron chi connectivity index (χ2n) is 4.95. The van der Waals surface area contributed by atoms with E-state index in [9.17, 15) is 0 Å². The maximum absolute atomic E-state index is 5.92. The van der Waals surface area contributed by atoms with Crippen LogP contribution in [-0.4, -0.2) is 19.2 Å². The molecule has 1 aromatic carbocycles. The van der Waals surface area contributed by atoms with Crippen LogP contribution in [0.1, 0.15) is 35.1 Å². The molecule has 0 spiro atoms. The number of ether oxygens (including phenoxy) is 1. The van der Waals surface area contributed by atoms with Crippen molar-refractivity contribution in [2.45, 2.75) is 38.9 Å². The lowest BCUT2D eigenvalue weighted by Gasteiger charge is -2.29. The van der Waals surface area contributed by atoms with E-state index in [0.29, 0.717) is 12.0 Å². The molecule has 2 heterocycles. The van der Waals surface area contributed by atoms with Crippen LogP contribution < -0.4 is 5.32 Å². The Bertz CT molecular complexity index is 413. The van der Waals surface area contributed by atoms with Gasteiger partial charge in [0.05, 0.1) is 12.7 Å². The van der Waals surface area contributed by atoms with Gasteiger partial charge < -0.3 is 10.1 Å². The maximum Gasteiger partial charge on any atom is 0.0784 e. The second kappa shape index (κ2) is 3.86. The van der Waals surface area contributed by atoms with Gasteiger partial charge in [-0.3, -0.25) is 0 Å². The van der Waals surface area contributed by atoms with Gasteiger partial charge in [-0.25, -0.2) is 0 Å². The third-order valence-corrected chi connectivity index (χ3v) is 3.98. The molecule has 1 N–H and O–H groups in total. The SMILES string of the molecule is CCc1cc(C)c2c(c1)[C@@H]1CNC[C@@H]1OC2. The van der Waals surface area contributed by atoms with E-state index in [1.807, 2.05) is 0 Å². The first-order valence-electron chi connectivity index (χ1n) is 6.24. The number of fused-ring (bicyclic) bond motifs is 3. The lowest BCUT2D eigenvalue weighted by atomic mass is 9.85. The van der Waals surface area contributed by atoms with E-state index in [4.69, 9.17) is 4.74 Å². The number of benzene rings is 1. The number of aryl methyl sites for hydroxylation is 2. The van der Waals surface area contributed by atoms with Crippen LogP contribution in [0.2, 0.25) is 0 Å². The Hall–Kier alpha value is -0.860. The summed E-state index contributed by atoms with van der Waals surface area (Å²) in [7, 11) is 0. The first-order chi connectivity index (χ1) is 7.79. The molecule has 3 rings (SSSR count). The summed E-state index contributed by atoms with van der Waals surface area (Å²) in [4.78, 5) is 0. The molecule has 0 aliphatic carbocycles. The van der Waals surface area contributed by atoms with Crippen molar-refractivity contribution in [1.82, 2.24) is 5.32 Å². The molecule has 2 aliphatic rings. The Morgan fingerprint density at radius 1 is 1.38 bits per heavy atom. The predicted molar refractivity (Wildman–Crippen MR) is 64.7 cm³/mol. The summed E-state index contributed by atoms with van der Waals surface area (Å²) in [5.74, 6) is 0.578. The number of hydrogen-bond acceptors (Lipinski definition) is 2. The van der Waals surface area contributed by atoms with Gasteiger partial charge in [0.2, 0.25) is 0 Å². The van der Waals surface area contributed by atoms with Gasteiger partial charge in [-0.15, -0.1) is 0 Å². The predicted octanol–water partition coefficient (Wildman–Crippen LogP) is 2.14. The van der Waals surface area contributed by atoms with Gasteiger partial charge in [0.15, 0.2) is 0 Å². The quantitative estimate of drug-likeness (QED) is 0.778. The van der Waals surface area contributed by atoms with Gasteiger partial charge in [0.25, 0.3) is 0 Å². The number of nitrogens with one attached hydrogen (secondary N) is 1. The maximum atomic E-state index is 5.92. The molecule has 0 unspecified atom stereocenters. The first-order valence-corrected chi connectivity index (χ1v) is 6.24. The zero-order chi connectivity index (χ0) is 11.1. The average molecular weight is 217 g/mol. The molecule has 2 aliphatic heterocycles. The minimum atomic E-state index is 0.402. The summed E-state index contributed by atoms with van der Waals surface area (Å²) in [6, 6.07) is 4.71. The number of hydrogen-bond donors (Lipinski definition) is 1. The van der Waals surface area contributed by atoms with Gasteiger partial charge in [0, 0.05) is 19.0 Å². The molecule has 86 valence electrons. The van der Waals surface area contributed by atoms with Crippen molar-refractivity contribution < 1.29 is 4.74 Å². The highest BCUT2D eigenvalue weighted by Gasteiger charge is 2.34. The monoisotopic (exact) mass is 217 g/mol. The smallest absolute Gasteiger partial charge is 0.0784 e. The Kier molecular flexibility index (Phi) is 2.49. The van der Waals surface area contributed by atoms with Gasteiger partial charge in [-0.2, -0.15) is 0 Å². The molecule has 2 heteroatoms. The zero-order valence-electron chi connectivity index (χ0n) is 10.0. The van der Waals surface area contributed by atoms with Crippen LogP contribution in [0, 0.1) is 6.92 Å². The van der Waals surface area contributed by atoms with E-state index in [2.05, 4.69) is 31.3 Å². The Morgan fingerprint density at radius 2 is 2.25 bits per heavy atom. The van der Waals surface area contributed by atoms with Gasteiger partial charge >= 0.3 is 0 Å². The summed E-state index contributed by atoms with van der Waals surface area (Å²) in [6.07, 6.45) is 1.53. The highest BCUT2D eigenvalue weighted by atomic mass is 16.5. The summed E-state index contributed by atoms with van der Waals surface area (Å²) in [5, 5.41) is 3.44. The van der Waals surface area contributed by atoms with E-state index in [1.165, 1.54) is 22.3 Å². The Morgan fingerprint density at radius 3 is 3.06 bits per heavy atom. The number of rotatable bonds is 1. The van der Waals surface area contributed by atoms with E-state index in [-0.39, 0.29) is 0 Å². The third-order valence-electron chi connectivity index (χ3n) is 3.98. The Balaban J connectivity index is 2.09. The van der Waals surface area contributed by atoms with Crippen LogP contribution in [-0.2, 0) is 17.8 Å². The molecule has 0 bridgehead atoms. The average Bonchev–Trinajstić information content (AvgIpc) is 2.77. The molecule has 1 saturated heterocycles. The fourth-order valence-corrected chi connectivity index (χ4v) is 2.98.